The van der Waals surface area contributed by atoms with Crippen LogP contribution >= 0.6 is 15.9 Å². The molecule has 6 nitrogen and oxygen atoms in total. The third-order valence-corrected chi connectivity index (χ3v) is 3.11. The van der Waals surface area contributed by atoms with E-state index in [9.17, 15) is 23.7 Å². The molecule has 0 aromatic heterocycles. The summed E-state index contributed by atoms with van der Waals surface area (Å²) in [5.41, 5.74) is -1.93. The van der Waals surface area contributed by atoms with Gasteiger partial charge in [0.05, 0.1) is 17.6 Å². The van der Waals surface area contributed by atoms with Gasteiger partial charge in [-0.25, -0.2) is 4.39 Å². The summed E-state index contributed by atoms with van der Waals surface area (Å²) in [4.78, 5) is 21.5. The highest BCUT2D eigenvalue weighted by Gasteiger charge is 2.27. The lowest BCUT2D eigenvalue weighted by atomic mass is 10.1. The van der Waals surface area contributed by atoms with Crippen molar-refractivity contribution in [3.63, 3.8) is 0 Å². The van der Waals surface area contributed by atoms with Crippen LogP contribution in [0.15, 0.2) is 12.1 Å². The molecule has 0 heterocycles. The summed E-state index contributed by atoms with van der Waals surface area (Å²) in [6, 6.07) is 0.887. The Labute approximate surface area is 127 Å². The minimum atomic E-state index is -1.49. The molecule has 0 aliphatic heterocycles. The standard InChI is InChI=1S/C12H13BrF2N2O4/c1-21-6-7(4-5-13)16-12(18)10-8(14)2-3-9(11(10)15)17(19)20/h2-3,7H,4-6H2,1H3,(H,16,18). The Morgan fingerprint density at radius 2 is 2.19 bits per heavy atom. The van der Waals surface area contributed by atoms with E-state index in [1.807, 2.05) is 0 Å². The summed E-state index contributed by atoms with van der Waals surface area (Å²) in [7, 11) is 1.42. The predicted molar refractivity (Wildman–Crippen MR) is 74.6 cm³/mol. The summed E-state index contributed by atoms with van der Waals surface area (Å²) in [5.74, 6) is -3.71. The first kappa shape index (κ1) is 17.4. The van der Waals surface area contributed by atoms with Gasteiger partial charge >= 0.3 is 5.69 Å². The second kappa shape index (κ2) is 7.99. The summed E-state index contributed by atoms with van der Waals surface area (Å²) in [6.07, 6.45) is 0.470. The molecule has 1 N–H and O–H groups in total. The number of nitro groups is 1. The number of nitrogens with one attached hydrogen (secondary N) is 1. The monoisotopic (exact) mass is 366 g/mol. The van der Waals surface area contributed by atoms with E-state index in [2.05, 4.69) is 21.2 Å². The quantitative estimate of drug-likeness (QED) is 0.456. The smallest absolute Gasteiger partial charge is 0.305 e. The average molecular weight is 367 g/mol. The van der Waals surface area contributed by atoms with E-state index in [0.29, 0.717) is 23.9 Å². The lowest BCUT2D eigenvalue weighted by Gasteiger charge is -2.17. The molecule has 0 fully saturated rings. The fraction of sp³-hybridized carbons (Fsp3) is 0.417. The largest absolute Gasteiger partial charge is 0.383 e. The first-order chi connectivity index (χ1) is 9.92. The number of carbonyl (C=O) groups excluding carboxylic acids is 1. The Morgan fingerprint density at radius 1 is 1.52 bits per heavy atom. The Balaban J connectivity index is 3.06. The molecule has 0 saturated heterocycles. The van der Waals surface area contributed by atoms with Crippen LogP contribution in [0.25, 0.3) is 0 Å². The van der Waals surface area contributed by atoms with Crippen LogP contribution in [-0.4, -0.2) is 35.9 Å². The van der Waals surface area contributed by atoms with Crippen LogP contribution in [0.1, 0.15) is 16.8 Å². The fourth-order valence-corrected chi connectivity index (χ4v) is 2.23. The van der Waals surface area contributed by atoms with Crippen LogP contribution in [0.3, 0.4) is 0 Å². The maximum atomic E-state index is 13.9. The predicted octanol–water partition coefficient (Wildman–Crippen LogP) is 2.40. The number of hydrogen-bond acceptors (Lipinski definition) is 4. The normalized spacial score (nSPS) is 12.0. The number of nitrogens with zero attached hydrogens (tertiary/aromatic N) is 1. The van der Waals surface area contributed by atoms with Crippen LogP contribution < -0.4 is 5.32 Å². The van der Waals surface area contributed by atoms with Gasteiger partial charge in [-0.15, -0.1) is 0 Å². The molecule has 0 radical (unpaired) electrons. The maximum absolute atomic E-state index is 13.9. The number of benzene rings is 1. The minimum Gasteiger partial charge on any atom is -0.383 e. The van der Waals surface area contributed by atoms with Gasteiger partial charge in [-0.1, -0.05) is 15.9 Å². The van der Waals surface area contributed by atoms with Gasteiger partial charge in [0.25, 0.3) is 5.91 Å². The third kappa shape index (κ3) is 4.43. The number of hydrogen-bond donors (Lipinski definition) is 1. The van der Waals surface area contributed by atoms with Gasteiger partial charge in [-0.2, -0.15) is 4.39 Å². The van der Waals surface area contributed by atoms with E-state index in [-0.39, 0.29) is 6.61 Å². The van der Waals surface area contributed by atoms with Gasteiger partial charge in [0.1, 0.15) is 11.4 Å². The molecule has 1 unspecified atom stereocenters. The van der Waals surface area contributed by atoms with Crippen molar-refractivity contribution in [2.75, 3.05) is 19.0 Å². The Morgan fingerprint density at radius 3 is 2.71 bits per heavy atom. The van der Waals surface area contributed by atoms with Crippen LogP contribution in [0, 0.1) is 21.7 Å². The highest BCUT2D eigenvalue weighted by molar-refractivity contribution is 9.09. The molecule has 0 saturated carbocycles. The maximum Gasteiger partial charge on any atom is 0.305 e. The number of carbonyl (C=O) groups is 1. The minimum absolute atomic E-state index is 0.148. The molecule has 9 heteroatoms. The van der Waals surface area contributed by atoms with Crippen molar-refractivity contribution in [3.05, 3.63) is 39.4 Å². The number of methoxy groups -OCH3 is 1. The summed E-state index contributed by atoms with van der Waals surface area (Å²) < 4.78 is 32.4. The van der Waals surface area contributed by atoms with Crippen molar-refractivity contribution in [3.8, 4) is 0 Å². The van der Waals surface area contributed by atoms with Crippen molar-refractivity contribution in [2.45, 2.75) is 12.5 Å². The molecular weight excluding hydrogens is 354 g/mol. The molecule has 1 rings (SSSR count). The molecule has 1 aromatic rings. The van der Waals surface area contributed by atoms with E-state index in [4.69, 9.17) is 4.74 Å². The zero-order chi connectivity index (χ0) is 16.0. The van der Waals surface area contributed by atoms with E-state index >= 15 is 0 Å². The van der Waals surface area contributed by atoms with Gasteiger partial charge in [0, 0.05) is 18.5 Å². The second-order valence-corrected chi connectivity index (χ2v) is 4.91. The molecule has 0 aliphatic carbocycles. The first-order valence-corrected chi connectivity index (χ1v) is 7.02. The van der Waals surface area contributed by atoms with Crippen molar-refractivity contribution in [1.82, 2.24) is 5.32 Å². The van der Waals surface area contributed by atoms with Crippen LogP contribution in [0.5, 0.6) is 0 Å². The molecule has 0 bridgehead atoms. The van der Waals surface area contributed by atoms with E-state index in [0.717, 1.165) is 0 Å². The van der Waals surface area contributed by atoms with Crippen molar-refractivity contribution >= 4 is 27.5 Å². The van der Waals surface area contributed by atoms with Crippen molar-refractivity contribution in [2.24, 2.45) is 0 Å². The van der Waals surface area contributed by atoms with Crippen molar-refractivity contribution in [1.29, 1.82) is 0 Å². The lowest BCUT2D eigenvalue weighted by Crippen LogP contribution is -2.39. The second-order valence-electron chi connectivity index (χ2n) is 4.12. The summed E-state index contributed by atoms with van der Waals surface area (Å²) >= 11 is 3.18. The fourth-order valence-electron chi connectivity index (χ4n) is 1.68. The number of alkyl halides is 1. The Bertz CT molecular complexity index is 536. The van der Waals surface area contributed by atoms with Crippen LogP contribution in [0.2, 0.25) is 0 Å². The molecule has 21 heavy (non-hydrogen) atoms. The number of nitro benzene ring substituents is 1. The van der Waals surface area contributed by atoms with Gasteiger partial charge < -0.3 is 10.1 Å². The molecule has 1 aromatic carbocycles. The number of ether oxygens (including phenoxy) is 1. The molecule has 0 spiro atoms. The zero-order valence-electron chi connectivity index (χ0n) is 11.1. The van der Waals surface area contributed by atoms with E-state index in [1.54, 1.807) is 0 Å². The van der Waals surface area contributed by atoms with Crippen molar-refractivity contribution < 1.29 is 23.2 Å². The third-order valence-electron chi connectivity index (χ3n) is 2.66. The van der Waals surface area contributed by atoms with Gasteiger partial charge in [0.15, 0.2) is 0 Å². The SMILES string of the molecule is COCC(CCBr)NC(=O)c1c(F)ccc([N+](=O)[O-])c1F. The topological polar surface area (TPSA) is 81.5 Å². The highest BCUT2D eigenvalue weighted by Crippen LogP contribution is 2.23. The number of halogens is 3. The van der Waals surface area contributed by atoms with E-state index < -0.39 is 39.8 Å². The molecule has 1 amide bonds. The lowest BCUT2D eigenvalue weighted by molar-refractivity contribution is -0.387. The molecule has 0 aliphatic rings. The van der Waals surface area contributed by atoms with Gasteiger partial charge in [-0.05, 0) is 12.5 Å². The Hall–Kier alpha value is -1.61. The van der Waals surface area contributed by atoms with Gasteiger partial charge in [-0.3, -0.25) is 14.9 Å². The molecule has 1 atom stereocenters. The number of amides is 1. The first-order valence-electron chi connectivity index (χ1n) is 5.90. The zero-order valence-corrected chi connectivity index (χ0v) is 12.7. The number of rotatable bonds is 7. The highest BCUT2D eigenvalue weighted by atomic mass is 79.9. The van der Waals surface area contributed by atoms with Gasteiger partial charge in [0.2, 0.25) is 5.82 Å². The average Bonchev–Trinajstić information content (AvgIpc) is 2.38. The van der Waals surface area contributed by atoms with Crippen LogP contribution in [0.4, 0.5) is 14.5 Å². The molecular formula is C12H13BrF2N2O4. The Kier molecular flexibility index (Phi) is 6.63. The summed E-state index contributed by atoms with van der Waals surface area (Å²) in [6.45, 7) is 0.148. The van der Waals surface area contributed by atoms with E-state index in [1.165, 1.54) is 7.11 Å². The van der Waals surface area contributed by atoms with Crippen LogP contribution in [-0.2, 0) is 4.74 Å². The molecule has 116 valence electrons. The summed E-state index contributed by atoms with van der Waals surface area (Å²) in [5, 5.41) is 13.5.